The molecule has 2 saturated carbocycles. The highest BCUT2D eigenvalue weighted by molar-refractivity contribution is 5.96. The van der Waals surface area contributed by atoms with Gasteiger partial charge in [0.1, 0.15) is 30.0 Å². The summed E-state index contributed by atoms with van der Waals surface area (Å²) >= 11 is 0. The smallest absolute Gasteiger partial charge is 0.339 e. The van der Waals surface area contributed by atoms with Gasteiger partial charge in [-0.25, -0.2) is 4.79 Å². The summed E-state index contributed by atoms with van der Waals surface area (Å²) in [5.41, 5.74) is -5.06. The first-order chi connectivity index (χ1) is 20.0. The molecule has 11 atom stereocenters. The second-order valence-electron chi connectivity index (χ2n) is 14.0. The molecule has 0 N–H and O–H groups in total. The van der Waals surface area contributed by atoms with Gasteiger partial charge < -0.3 is 28.1 Å². The van der Waals surface area contributed by atoms with Crippen LogP contribution in [0, 0.1) is 33.5 Å². The molecule has 1 aromatic rings. The van der Waals surface area contributed by atoms with E-state index in [9.17, 15) is 24.0 Å². The van der Waals surface area contributed by atoms with Crippen molar-refractivity contribution < 1.29 is 52.1 Å². The van der Waals surface area contributed by atoms with Gasteiger partial charge in [-0.15, -0.1) is 0 Å². The van der Waals surface area contributed by atoms with Crippen LogP contribution in [0.1, 0.15) is 73.5 Å². The Labute approximate surface area is 249 Å². The van der Waals surface area contributed by atoms with Gasteiger partial charge in [0.25, 0.3) is 0 Å². The Morgan fingerprint density at radius 3 is 2.12 bits per heavy atom. The van der Waals surface area contributed by atoms with E-state index < -0.39 is 93.5 Å². The third kappa shape index (κ3) is 3.60. The zero-order valence-electron chi connectivity index (χ0n) is 25.6. The summed E-state index contributed by atoms with van der Waals surface area (Å²) in [6, 6.07) is 1.70. The SMILES string of the molecule is CC(=O)O[C@H]1[C@@H](OC(C)=O)[C@]2(C)C([C@@H](OC(C)=O)C[C@@]3(C)[C@H](c4ccoc4)OC(=O)[C@H]4O[C@]432)[C@@]2(C)C=CC(=O)C(C)(C)[C@H]12. The Kier molecular flexibility index (Phi) is 6.21. The Morgan fingerprint density at radius 1 is 0.884 bits per heavy atom. The minimum atomic E-state index is -1.30. The van der Waals surface area contributed by atoms with Crippen molar-refractivity contribution >= 4 is 29.7 Å². The van der Waals surface area contributed by atoms with Crippen molar-refractivity contribution in [3.63, 3.8) is 0 Å². The topological polar surface area (TPSA) is 148 Å². The maximum Gasteiger partial charge on any atom is 0.339 e. The molecule has 0 radical (unpaired) electrons. The summed E-state index contributed by atoms with van der Waals surface area (Å²) in [5.74, 6) is -3.89. The van der Waals surface area contributed by atoms with Crippen LogP contribution < -0.4 is 0 Å². The molecule has 1 spiro atoms. The van der Waals surface area contributed by atoms with Crippen LogP contribution in [0.5, 0.6) is 0 Å². The molecule has 2 saturated heterocycles. The Bertz CT molecular complexity index is 1440. The zero-order chi connectivity index (χ0) is 31.5. The van der Waals surface area contributed by atoms with E-state index in [0.717, 1.165) is 0 Å². The van der Waals surface area contributed by atoms with E-state index in [1.165, 1.54) is 39.4 Å². The van der Waals surface area contributed by atoms with Crippen LogP contribution in [0.25, 0.3) is 0 Å². The molecule has 1 unspecified atom stereocenters. The summed E-state index contributed by atoms with van der Waals surface area (Å²) in [6.07, 6.45) is 1.55. The molecule has 11 heteroatoms. The van der Waals surface area contributed by atoms with Crippen LogP contribution in [0.15, 0.2) is 35.2 Å². The molecular weight excluding hydrogens is 560 g/mol. The van der Waals surface area contributed by atoms with Gasteiger partial charge in [0, 0.05) is 59.8 Å². The fourth-order valence-electron chi connectivity index (χ4n) is 10.1. The maximum atomic E-state index is 13.6. The van der Waals surface area contributed by atoms with E-state index in [2.05, 4.69) is 0 Å². The molecule has 4 fully saturated rings. The lowest BCUT2D eigenvalue weighted by atomic mass is 9.34. The summed E-state index contributed by atoms with van der Waals surface area (Å²) in [4.78, 5) is 65.4. The van der Waals surface area contributed by atoms with Crippen LogP contribution >= 0.6 is 0 Å². The highest BCUT2D eigenvalue weighted by Gasteiger charge is 2.91. The molecule has 232 valence electrons. The van der Waals surface area contributed by atoms with Crippen LogP contribution in [-0.2, 0) is 47.7 Å². The second kappa shape index (κ2) is 9.03. The normalized spacial score (nSPS) is 45.3. The summed E-state index contributed by atoms with van der Waals surface area (Å²) < 4.78 is 36.3. The van der Waals surface area contributed by atoms with Crippen LogP contribution in [0.4, 0.5) is 0 Å². The van der Waals surface area contributed by atoms with Gasteiger partial charge in [-0.2, -0.15) is 0 Å². The molecule has 6 rings (SSSR count). The fraction of sp³-hybridized carbons (Fsp3) is 0.656. The molecule has 5 aliphatic rings. The quantitative estimate of drug-likeness (QED) is 0.284. The number of epoxide rings is 1. The van der Waals surface area contributed by atoms with E-state index in [1.807, 2.05) is 20.8 Å². The first kappa shape index (κ1) is 29.6. The van der Waals surface area contributed by atoms with E-state index >= 15 is 0 Å². The minimum absolute atomic E-state index is 0.179. The molecule has 3 aliphatic carbocycles. The van der Waals surface area contributed by atoms with Gasteiger partial charge in [-0.05, 0) is 18.6 Å². The zero-order valence-corrected chi connectivity index (χ0v) is 25.6. The third-order valence-electron chi connectivity index (χ3n) is 11.3. The number of ether oxygens (including phenoxy) is 5. The number of rotatable bonds is 4. The van der Waals surface area contributed by atoms with Crippen molar-refractivity contribution in [1.29, 1.82) is 0 Å². The number of allylic oxidation sites excluding steroid dienone is 2. The van der Waals surface area contributed by atoms with Crippen molar-refractivity contribution in [2.75, 3.05) is 0 Å². The number of furan rings is 1. The number of ketones is 1. The monoisotopic (exact) mass is 598 g/mol. The van der Waals surface area contributed by atoms with Gasteiger partial charge in [0.05, 0.1) is 12.5 Å². The molecule has 1 aromatic heterocycles. The van der Waals surface area contributed by atoms with Gasteiger partial charge in [0.15, 0.2) is 11.9 Å². The van der Waals surface area contributed by atoms with E-state index in [4.69, 9.17) is 28.1 Å². The first-order valence-corrected chi connectivity index (χ1v) is 14.6. The van der Waals surface area contributed by atoms with Crippen molar-refractivity contribution in [3.8, 4) is 0 Å². The Balaban J connectivity index is 1.68. The number of esters is 4. The van der Waals surface area contributed by atoms with Crippen molar-refractivity contribution in [1.82, 2.24) is 0 Å². The van der Waals surface area contributed by atoms with Gasteiger partial charge in [-0.3, -0.25) is 19.2 Å². The lowest BCUT2D eigenvalue weighted by Gasteiger charge is -2.70. The van der Waals surface area contributed by atoms with Gasteiger partial charge in [0.2, 0.25) is 0 Å². The summed E-state index contributed by atoms with van der Waals surface area (Å²) in [6.45, 7) is 13.1. The average molecular weight is 599 g/mol. The largest absolute Gasteiger partial charge is 0.472 e. The predicted molar refractivity (Wildman–Crippen MR) is 146 cm³/mol. The van der Waals surface area contributed by atoms with E-state index in [0.29, 0.717) is 5.56 Å². The van der Waals surface area contributed by atoms with E-state index in [1.54, 1.807) is 26.0 Å². The van der Waals surface area contributed by atoms with Crippen LogP contribution in [0.2, 0.25) is 0 Å². The Hall–Kier alpha value is -3.47. The first-order valence-electron chi connectivity index (χ1n) is 14.6. The lowest BCUT2D eigenvalue weighted by molar-refractivity contribution is -0.306. The maximum absolute atomic E-state index is 13.6. The second-order valence-corrected chi connectivity index (χ2v) is 14.0. The van der Waals surface area contributed by atoms with Gasteiger partial charge in [-0.1, -0.05) is 40.7 Å². The van der Waals surface area contributed by atoms with Crippen molar-refractivity contribution in [3.05, 3.63) is 36.3 Å². The average Bonchev–Trinajstić information content (AvgIpc) is 3.46. The summed E-state index contributed by atoms with van der Waals surface area (Å²) in [7, 11) is 0. The Morgan fingerprint density at radius 2 is 1.53 bits per heavy atom. The van der Waals surface area contributed by atoms with Crippen molar-refractivity contribution in [2.45, 2.75) is 97.9 Å². The molecule has 11 nitrogen and oxygen atoms in total. The third-order valence-corrected chi connectivity index (χ3v) is 11.3. The van der Waals surface area contributed by atoms with Crippen molar-refractivity contribution in [2.24, 2.45) is 33.5 Å². The number of hydrogen-bond donors (Lipinski definition) is 0. The molecule has 2 aliphatic heterocycles. The standard InChI is InChI=1S/C32H38O11/c1-15(33)39-19-13-30(7)24(18-10-12-38-14-18)42-27(37)26-32(30,43-26)31(8)22(19)29(6)11-9-20(36)28(4,5)23(29)21(40-16(2)34)25(31)41-17(3)35/h9-12,14,19,21-26H,13H2,1-8H3/t19-,21+,22?,23-,24-,25+,26+,29+,30-,31-,32+/m0/s1. The molecular formula is C32H38O11. The molecule has 3 heterocycles. The van der Waals surface area contributed by atoms with E-state index in [-0.39, 0.29) is 12.2 Å². The number of carbonyl (C=O) groups excluding carboxylic acids is 5. The minimum Gasteiger partial charge on any atom is -0.472 e. The van der Waals surface area contributed by atoms with Crippen LogP contribution in [-0.4, -0.2) is 59.7 Å². The molecule has 0 amide bonds. The fourth-order valence-corrected chi connectivity index (χ4v) is 10.1. The lowest BCUT2D eigenvalue weighted by Crippen LogP contribution is -2.79. The van der Waals surface area contributed by atoms with Gasteiger partial charge >= 0.3 is 23.9 Å². The summed E-state index contributed by atoms with van der Waals surface area (Å²) in [5, 5.41) is 0. The molecule has 43 heavy (non-hydrogen) atoms. The highest BCUT2D eigenvalue weighted by Crippen LogP contribution is 2.80. The number of hydrogen-bond acceptors (Lipinski definition) is 11. The van der Waals surface area contributed by atoms with Crippen LogP contribution in [0.3, 0.4) is 0 Å². The molecule has 0 bridgehead atoms. The predicted octanol–water partition coefficient (Wildman–Crippen LogP) is 3.64. The number of fused-ring (bicyclic) bond motifs is 3. The highest BCUT2D eigenvalue weighted by atomic mass is 16.7. The number of cyclic esters (lactones) is 1. The molecule has 0 aromatic carbocycles. The number of carbonyl (C=O) groups is 5.